The Morgan fingerprint density at radius 3 is 3.09 bits per heavy atom. The molecule has 0 radical (unpaired) electrons. The SMILES string of the molecule is CC1CCCC(NC(=O)CSc2nc3ccc(Cl)cc3[nH]2)C1C. The second-order valence-electron chi connectivity index (χ2n) is 6.43. The first-order valence-corrected chi connectivity index (χ1v) is 9.46. The van der Waals surface area contributed by atoms with Crippen LogP contribution in [0.5, 0.6) is 0 Å². The van der Waals surface area contributed by atoms with E-state index in [4.69, 9.17) is 11.6 Å². The van der Waals surface area contributed by atoms with Gasteiger partial charge >= 0.3 is 0 Å². The van der Waals surface area contributed by atoms with E-state index in [1.807, 2.05) is 18.2 Å². The molecule has 6 heteroatoms. The molecule has 1 amide bonds. The molecule has 1 saturated carbocycles. The van der Waals surface area contributed by atoms with E-state index in [0.29, 0.717) is 28.7 Å². The van der Waals surface area contributed by atoms with Gasteiger partial charge in [0, 0.05) is 11.1 Å². The number of nitrogens with one attached hydrogen (secondary N) is 2. The van der Waals surface area contributed by atoms with Gasteiger partial charge in [-0.1, -0.05) is 50.1 Å². The van der Waals surface area contributed by atoms with Crippen LogP contribution < -0.4 is 5.32 Å². The van der Waals surface area contributed by atoms with Crippen molar-refractivity contribution in [3.05, 3.63) is 23.2 Å². The Bertz CT molecular complexity index is 702. The molecule has 2 N–H and O–H groups in total. The van der Waals surface area contributed by atoms with Gasteiger partial charge < -0.3 is 10.3 Å². The van der Waals surface area contributed by atoms with Crippen molar-refractivity contribution in [1.82, 2.24) is 15.3 Å². The van der Waals surface area contributed by atoms with E-state index >= 15 is 0 Å². The largest absolute Gasteiger partial charge is 0.352 e. The summed E-state index contributed by atoms with van der Waals surface area (Å²) in [6.45, 7) is 4.52. The molecule has 1 aliphatic carbocycles. The number of hydrogen-bond acceptors (Lipinski definition) is 3. The van der Waals surface area contributed by atoms with Crippen LogP contribution in [-0.2, 0) is 4.79 Å². The molecule has 0 bridgehead atoms. The summed E-state index contributed by atoms with van der Waals surface area (Å²) < 4.78 is 0. The summed E-state index contributed by atoms with van der Waals surface area (Å²) in [5.41, 5.74) is 1.77. The molecule has 124 valence electrons. The molecule has 1 fully saturated rings. The highest BCUT2D eigenvalue weighted by Crippen LogP contribution is 2.29. The van der Waals surface area contributed by atoms with E-state index < -0.39 is 0 Å². The molecule has 2 aromatic rings. The Hall–Kier alpha value is -1.20. The lowest BCUT2D eigenvalue weighted by Gasteiger charge is -2.34. The lowest BCUT2D eigenvalue weighted by molar-refractivity contribution is -0.120. The van der Waals surface area contributed by atoms with Crippen molar-refractivity contribution < 1.29 is 4.79 Å². The van der Waals surface area contributed by atoms with Gasteiger partial charge in [0.25, 0.3) is 0 Å². The van der Waals surface area contributed by atoms with Crippen LogP contribution in [0.15, 0.2) is 23.4 Å². The Morgan fingerprint density at radius 2 is 2.26 bits per heavy atom. The van der Waals surface area contributed by atoms with Gasteiger partial charge in [-0.15, -0.1) is 0 Å². The number of amides is 1. The number of aromatic nitrogens is 2. The number of fused-ring (bicyclic) bond motifs is 1. The lowest BCUT2D eigenvalue weighted by Crippen LogP contribution is -2.44. The third-order valence-electron chi connectivity index (χ3n) is 4.82. The number of benzene rings is 1. The Labute approximate surface area is 145 Å². The number of hydrogen-bond donors (Lipinski definition) is 2. The second kappa shape index (κ2) is 7.14. The van der Waals surface area contributed by atoms with E-state index in [1.165, 1.54) is 24.6 Å². The third kappa shape index (κ3) is 4.01. The van der Waals surface area contributed by atoms with E-state index in [2.05, 4.69) is 29.1 Å². The highest BCUT2D eigenvalue weighted by molar-refractivity contribution is 7.99. The van der Waals surface area contributed by atoms with Crippen LogP contribution in [0.1, 0.15) is 33.1 Å². The van der Waals surface area contributed by atoms with Crippen LogP contribution in [-0.4, -0.2) is 27.7 Å². The predicted molar refractivity (Wildman–Crippen MR) is 95.9 cm³/mol. The minimum Gasteiger partial charge on any atom is -0.352 e. The molecule has 1 aromatic heterocycles. The summed E-state index contributed by atoms with van der Waals surface area (Å²) in [6.07, 6.45) is 3.56. The van der Waals surface area contributed by atoms with Crippen molar-refractivity contribution in [1.29, 1.82) is 0 Å². The summed E-state index contributed by atoms with van der Waals surface area (Å²) in [6, 6.07) is 5.85. The normalized spacial score (nSPS) is 24.7. The molecule has 3 rings (SSSR count). The molecule has 1 heterocycles. The van der Waals surface area contributed by atoms with Crippen LogP contribution in [0.2, 0.25) is 5.02 Å². The smallest absolute Gasteiger partial charge is 0.230 e. The fraction of sp³-hybridized carbons (Fsp3) is 0.529. The number of aromatic amines is 1. The molecule has 3 atom stereocenters. The molecule has 0 saturated heterocycles. The molecule has 0 aliphatic heterocycles. The Morgan fingerprint density at radius 1 is 1.43 bits per heavy atom. The Balaban J connectivity index is 1.55. The number of carbonyl (C=O) groups is 1. The molecule has 1 aliphatic rings. The Kier molecular flexibility index (Phi) is 5.17. The highest BCUT2D eigenvalue weighted by atomic mass is 35.5. The third-order valence-corrected chi connectivity index (χ3v) is 5.92. The van der Waals surface area contributed by atoms with Gasteiger partial charge in [-0.2, -0.15) is 0 Å². The monoisotopic (exact) mass is 351 g/mol. The zero-order valence-corrected chi connectivity index (χ0v) is 15.0. The number of thioether (sulfide) groups is 1. The second-order valence-corrected chi connectivity index (χ2v) is 7.83. The van der Waals surface area contributed by atoms with Crippen molar-refractivity contribution in [2.75, 3.05) is 5.75 Å². The summed E-state index contributed by atoms with van der Waals surface area (Å²) in [5, 5.41) is 4.62. The lowest BCUT2D eigenvalue weighted by atomic mass is 9.78. The molecule has 4 nitrogen and oxygen atoms in total. The number of halogens is 1. The first-order chi connectivity index (χ1) is 11.0. The van der Waals surface area contributed by atoms with Crippen LogP contribution in [0.3, 0.4) is 0 Å². The molecular formula is C17H22ClN3OS. The van der Waals surface area contributed by atoms with Gasteiger partial charge in [0.15, 0.2) is 5.16 Å². The van der Waals surface area contributed by atoms with E-state index in [0.717, 1.165) is 22.6 Å². The van der Waals surface area contributed by atoms with Crippen molar-refractivity contribution in [3.63, 3.8) is 0 Å². The average molecular weight is 352 g/mol. The van der Waals surface area contributed by atoms with Gasteiger partial charge in [0.1, 0.15) is 0 Å². The van der Waals surface area contributed by atoms with Gasteiger partial charge in [-0.05, 0) is 36.5 Å². The summed E-state index contributed by atoms with van der Waals surface area (Å²) in [5.74, 6) is 1.69. The summed E-state index contributed by atoms with van der Waals surface area (Å²) >= 11 is 7.40. The maximum absolute atomic E-state index is 12.2. The fourth-order valence-corrected chi connectivity index (χ4v) is 4.06. The number of rotatable bonds is 4. The van der Waals surface area contributed by atoms with Crippen LogP contribution in [0.4, 0.5) is 0 Å². The molecule has 23 heavy (non-hydrogen) atoms. The number of imidazole rings is 1. The van der Waals surface area contributed by atoms with Gasteiger partial charge in [-0.25, -0.2) is 4.98 Å². The number of H-pyrrole nitrogens is 1. The average Bonchev–Trinajstić information content (AvgIpc) is 2.92. The van der Waals surface area contributed by atoms with Crippen molar-refractivity contribution in [2.45, 2.75) is 44.3 Å². The van der Waals surface area contributed by atoms with Crippen LogP contribution >= 0.6 is 23.4 Å². The fourth-order valence-electron chi connectivity index (χ4n) is 3.19. The molecule has 3 unspecified atom stereocenters. The topological polar surface area (TPSA) is 57.8 Å². The van der Waals surface area contributed by atoms with Crippen molar-refractivity contribution in [2.24, 2.45) is 11.8 Å². The van der Waals surface area contributed by atoms with Crippen LogP contribution in [0, 0.1) is 11.8 Å². The maximum atomic E-state index is 12.2. The minimum absolute atomic E-state index is 0.0828. The van der Waals surface area contributed by atoms with Crippen molar-refractivity contribution >= 4 is 40.3 Å². The summed E-state index contributed by atoms with van der Waals surface area (Å²) in [4.78, 5) is 19.9. The van der Waals surface area contributed by atoms with Crippen LogP contribution in [0.25, 0.3) is 11.0 Å². The quantitative estimate of drug-likeness (QED) is 0.809. The molecular weight excluding hydrogens is 330 g/mol. The zero-order chi connectivity index (χ0) is 16.4. The first kappa shape index (κ1) is 16.7. The molecule has 0 spiro atoms. The standard InChI is InChI=1S/C17H22ClN3OS/c1-10-4-3-5-13(11(10)2)19-16(22)9-23-17-20-14-7-6-12(18)8-15(14)21-17/h6-8,10-11,13H,3-5,9H2,1-2H3,(H,19,22)(H,20,21). The zero-order valence-electron chi connectivity index (χ0n) is 13.4. The van der Waals surface area contributed by atoms with E-state index in [-0.39, 0.29) is 5.91 Å². The summed E-state index contributed by atoms with van der Waals surface area (Å²) in [7, 11) is 0. The van der Waals surface area contributed by atoms with E-state index in [9.17, 15) is 4.79 Å². The molecule has 1 aromatic carbocycles. The van der Waals surface area contributed by atoms with Crippen molar-refractivity contribution in [3.8, 4) is 0 Å². The minimum atomic E-state index is 0.0828. The van der Waals surface area contributed by atoms with Gasteiger partial charge in [-0.3, -0.25) is 4.79 Å². The first-order valence-electron chi connectivity index (χ1n) is 8.10. The van der Waals surface area contributed by atoms with Gasteiger partial charge in [0.2, 0.25) is 5.91 Å². The maximum Gasteiger partial charge on any atom is 0.230 e. The number of nitrogens with zero attached hydrogens (tertiary/aromatic N) is 1. The predicted octanol–water partition coefficient (Wildman–Crippen LogP) is 4.25. The van der Waals surface area contributed by atoms with E-state index in [1.54, 1.807) is 0 Å². The number of carbonyl (C=O) groups excluding carboxylic acids is 1. The van der Waals surface area contributed by atoms with Gasteiger partial charge in [0.05, 0.1) is 16.8 Å². The highest BCUT2D eigenvalue weighted by Gasteiger charge is 2.28.